The second kappa shape index (κ2) is 7.56. The second-order valence-corrected chi connectivity index (χ2v) is 9.74. The number of nitrogens with one attached hydrogen (secondary N) is 1. The van der Waals surface area contributed by atoms with Crippen LogP contribution in [0.1, 0.15) is 55.1 Å². The van der Waals surface area contributed by atoms with Gasteiger partial charge in [-0.2, -0.15) is 0 Å². The van der Waals surface area contributed by atoms with Gasteiger partial charge in [0.05, 0.1) is 23.4 Å². The van der Waals surface area contributed by atoms with E-state index in [1.807, 2.05) is 6.92 Å². The van der Waals surface area contributed by atoms with E-state index in [-0.39, 0.29) is 35.0 Å². The zero-order chi connectivity index (χ0) is 19.1. The Morgan fingerprint density at radius 3 is 2.96 bits per heavy atom. The van der Waals surface area contributed by atoms with Gasteiger partial charge in [0.15, 0.2) is 0 Å². The van der Waals surface area contributed by atoms with Gasteiger partial charge in [0, 0.05) is 30.4 Å². The number of hydrogen-bond donors (Lipinski definition) is 2. The first-order valence-corrected chi connectivity index (χ1v) is 10.5. The number of carbonyl (C=O) groups excluding carboxylic acids is 1. The topological polar surface area (TPSA) is 71.5 Å². The fourth-order valence-electron chi connectivity index (χ4n) is 5.30. The van der Waals surface area contributed by atoms with Crippen LogP contribution in [-0.4, -0.2) is 42.4 Å². The van der Waals surface area contributed by atoms with Crippen molar-refractivity contribution >= 4 is 17.2 Å². The van der Waals surface area contributed by atoms with Crippen molar-refractivity contribution in [2.45, 2.75) is 59.0 Å². The average Bonchev–Trinajstić information content (AvgIpc) is 2.94. The summed E-state index contributed by atoms with van der Waals surface area (Å²) >= 11 is 1.80. The first-order valence-electron chi connectivity index (χ1n) is 9.69. The number of ether oxygens (including phenoxy) is 1. The minimum absolute atomic E-state index is 0.000599. The number of amides is 1. The first-order chi connectivity index (χ1) is 12.3. The summed E-state index contributed by atoms with van der Waals surface area (Å²) in [6, 6.07) is 0. The van der Waals surface area contributed by atoms with Crippen LogP contribution in [-0.2, 0) is 16.0 Å². The van der Waals surface area contributed by atoms with Crippen LogP contribution < -0.4 is 5.32 Å². The van der Waals surface area contributed by atoms with Crippen LogP contribution in [0.2, 0.25) is 0 Å². The Bertz CT molecular complexity index is 661. The molecule has 5 nitrogen and oxygen atoms in total. The maximum Gasteiger partial charge on any atom is 0.223 e. The van der Waals surface area contributed by atoms with Gasteiger partial charge in [-0.15, -0.1) is 11.3 Å². The number of fused-ring (bicyclic) bond motifs is 2. The molecule has 0 bridgehead atoms. The number of methoxy groups -OCH3 is 1. The summed E-state index contributed by atoms with van der Waals surface area (Å²) in [5.74, 6) is 0.208. The van der Waals surface area contributed by atoms with Gasteiger partial charge in [0.1, 0.15) is 0 Å². The molecule has 1 saturated carbocycles. The van der Waals surface area contributed by atoms with Crippen molar-refractivity contribution in [3.63, 3.8) is 0 Å². The van der Waals surface area contributed by atoms with E-state index in [0.29, 0.717) is 13.2 Å². The Morgan fingerprint density at radius 2 is 2.27 bits per heavy atom. The van der Waals surface area contributed by atoms with Crippen LogP contribution in [0.5, 0.6) is 0 Å². The number of thiazole rings is 1. The van der Waals surface area contributed by atoms with E-state index >= 15 is 0 Å². The third-order valence-electron chi connectivity index (χ3n) is 6.69. The van der Waals surface area contributed by atoms with Gasteiger partial charge in [-0.1, -0.05) is 20.8 Å². The number of aryl methyl sites for hydroxylation is 1. The van der Waals surface area contributed by atoms with E-state index < -0.39 is 6.10 Å². The molecule has 0 saturated heterocycles. The highest BCUT2D eigenvalue weighted by Gasteiger charge is 2.53. The molecule has 6 atom stereocenters. The molecule has 2 aliphatic carbocycles. The standard InChI is InChI=1S/C20H32N2O3S/c1-11(19(24)21-8-9-25-5)14-6-7-20(4)10-15-17(22-13(3)26-15)12(2)16(20)18(14)23/h11-12,14,16,18,23H,6-10H2,1-5H3,(H,21,24)/t11-,12-,14?,16+,18-,20-/m0/s1. The average molecular weight is 381 g/mol. The Morgan fingerprint density at radius 1 is 1.54 bits per heavy atom. The molecule has 6 heteroatoms. The molecule has 2 aliphatic rings. The van der Waals surface area contributed by atoms with Gasteiger partial charge in [-0.3, -0.25) is 4.79 Å². The molecule has 26 heavy (non-hydrogen) atoms. The number of aliphatic hydroxyl groups is 1. The lowest BCUT2D eigenvalue weighted by Crippen LogP contribution is -2.53. The Kier molecular flexibility index (Phi) is 5.75. The number of aromatic nitrogens is 1. The van der Waals surface area contributed by atoms with Crippen LogP contribution in [0.25, 0.3) is 0 Å². The number of aliphatic hydroxyl groups excluding tert-OH is 1. The minimum Gasteiger partial charge on any atom is -0.392 e. The van der Waals surface area contributed by atoms with Gasteiger partial charge < -0.3 is 15.2 Å². The van der Waals surface area contributed by atoms with E-state index in [2.05, 4.69) is 26.1 Å². The Labute approximate surface area is 160 Å². The Hall–Kier alpha value is -0.980. The van der Waals surface area contributed by atoms with Crippen molar-refractivity contribution in [2.75, 3.05) is 20.3 Å². The summed E-state index contributed by atoms with van der Waals surface area (Å²) in [5.41, 5.74) is 1.26. The highest BCUT2D eigenvalue weighted by atomic mass is 32.1. The van der Waals surface area contributed by atoms with E-state index in [4.69, 9.17) is 9.72 Å². The van der Waals surface area contributed by atoms with Crippen molar-refractivity contribution in [1.29, 1.82) is 0 Å². The lowest BCUT2D eigenvalue weighted by Gasteiger charge is -2.53. The molecule has 0 aliphatic heterocycles. The van der Waals surface area contributed by atoms with E-state index in [1.54, 1.807) is 18.4 Å². The highest BCUT2D eigenvalue weighted by molar-refractivity contribution is 7.11. The molecule has 1 amide bonds. The molecule has 1 fully saturated rings. The molecule has 1 heterocycles. The SMILES string of the molecule is COCCNC(=O)[C@@H](C)C1CC[C@@]2(C)Cc3sc(C)nc3[C@@H](C)[C@@H]2[C@H]1O. The molecule has 3 rings (SSSR count). The third-order valence-corrected chi connectivity index (χ3v) is 7.68. The van der Waals surface area contributed by atoms with E-state index in [1.165, 1.54) is 10.6 Å². The number of rotatable bonds is 5. The van der Waals surface area contributed by atoms with Crippen molar-refractivity contribution < 1.29 is 14.6 Å². The fourth-order valence-corrected chi connectivity index (χ4v) is 6.54. The van der Waals surface area contributed by atoms with Crippen LogP contribution in [0.4, 0.5) is 0 Å². The van der Waals surface area contributed by atoms with Gasteiger partial charge in [-0.25, -0.2) is 4.98 Å². The highest BCUT2D eigenvalue weighted by Crippen LogP contribution is 2.56. The molecule has 0 aromatic carbocycles. The third kappa shape index (κ3) is 3.43. The molecule has 146 valence electrons. The number of carbonyl (C=O) groups is 1. The molecule has 0 spiro atoms. The largest absolute Gasteiger partial charge is 0.392 e. The second-order valence-electron chi connectivity index (χ2n) is 8.45. The first kappa shape index (κ1) is 19.8. The lowest BCUT2D eigenvalue weighted by molar-refractivity contribution is -0.135. The Balaban J connectivity index is 1.78. The summed E-state index contributed by atoms with van der Waals surface area (Å²) in [5, 5.41) is 15.3. The number of nitrogens with zero attached hydrogens (tertiary/aromatic N) is 1. The molecular weight excluding hydrogens is 348 g/mol. The monoisotopic (exact) mass is 380 g/mol. The van der Waals surface area contributed by atoms with Crippen LogP contribution in [0.3, 0.4) is 0 Å². The smallest absolute Gasteiger partial charge is 0.223 e. The lowest BCUT2D eigenvalue weighted by atomic mass is 9.53. The molecule has 0 radical (unpaired) electrons. The summed E-state index contributed by atoms with van der Waals surface area (Å²) in [4.78, 5) is 18.6. The van der Waals surface area contributed by atoms with Crippen LogP contribution in [0.15, 0.2) is 0 Å². The van der Waals surface area contributed by atoms with Crippen molar-refractivity contribution in [3.8, 4) is 0 Å². The van der Waals surface area contributed by atoms with E-state index in [0.717, 1.165) is 24.3 Å². The zero-order valence-corrected chi connectivity index (χ0v) is 17.4. The quantitative estimate of drug-likeness (QED) is 0.771. The minimum atomic E-state index is -0.470. The summed E-state index contributed by atoms with van der Waals surface area (Å²) in [6.07, 6.45) is 2.48. The number of hydrogen-bond acceptors (Lipinski definition) is 5. The molecule has 1 aromatic rings. The predicted octanol–water partition coefficient (Wildman–Crippen LogP) is 2.90. The maximum atomic E-state index is 12.5. The molecule has 1 unspecified atom stereocenters. The predicted molar refractivity (Wildman–Crippen MR) is 103 cm³/mol. The molecule has 1 aromatic heterocycles. The summed E-state index contributed by atoms with van der Waals surface area (Å²) in [7, 11) is 1.63. The fraction of sp³-hybridized carbons (Fsp3) is 0.800. The van der Waals surface area contributed by atoms with Crippen molar-refractivity contribution in [3.05, 3.63) is 15.6 Å². The zero-order valence-electron chi connectivity index (χ0n) is 16.5. The summed E-state index contributed by atoms with van der Waals surface area (Å²) in [6.45, 7) is 9.55. The van der Waals surface area contributed by atoms with Crippen molar-refractivity contribution in [1.82, 2.24) is 10.3 Å². The van der Waals surface area contributed by atoms with Crippen LogP contribution >= 0.6 is 11.3 Å². The van der Waals surface area contributed by atoms with Gasteiger partial charge in [0.2, 0.25) is 5.91 Å². The molecular formula is C20H32N2O3S. The van der Waals surface area contributed by atoms with Gasteiger partial charge >= 0.3 is 0 Å². The maximum absolute atomic E-state index is 12.5. The van der Waals surface area contributed by atoms with Crippen LogP contribution in [0, 0.1) is 30.1 Å². The van der Waals surface area contributed by atoms with Gasteiger partial charge in [0.25, 0.3) is 0 Å². The van der Waals surface area contributed by atoms with E-state index in [9.17, 15) is 9.90 Å². The molecule has 2 N–H and O–H groups in total. The van der Waals surface area contributed by atoms with Gasteiger partial charge in [-0.05, 0) is 43.4 Å². The normalized spacial score (nSPS) is 34.7. The summed E-state index contributed by atoms with van der Waals surface area (Å²) < 4.78 is 5.00. The van der Waals surface area contributed by atoms with Crippen molar-refractivity contribution in [2.24, 2.45) is 23.2 Å².